The summed E-state index contributed by atoms with van der Waals surface area (Å²) < 4.78 is 5.00. The molecule has 15 heavy (non-hydrogen) atoms. The number of methoxy groups -OCH3 is 1. The van der Waals surface area contributed by atoms with Crippen LogP contribution >= 0.6 is 11.8 Å². The fraction of sp³-hybridized carbons (Fsp3) is 0.300. The Morgan fingerprint density at radius 2 is 2.27 bits per heavy atom. The van der Waals surface area contributed by atoms with E-state index >= 15 is 0 Å². The molecule has 0 aromatic heterocycles. The van der Waals surface area contributed by atoms with Crippen LogP contribution in [0.15, 0.2) is 23.1 Å². The Hall–Kier alpha value is -1.20. The van der Waals surface area contributed by atoms with E-state index in [0.717, 1.165) is 0 Å². The van der Waals surface area contributed by atoms with E-state index in [2.05, 4.69) is 0 Å². The minimum Gasteiger partial charge on any atom is -0.497 e. The highest BCUT2D eigenvalue weighted by molar-refractivity contribution is 7.99. The van der Waals surface area contributed by atoms with Crippen molar-refractivity contribution in [1.82, 2.24) is 0 Å². The first-order chi connectivity index (χ1) is 7.19. The Balaban J connectivity index is 2.99. The highest BCUT2D eigenvalue weighted by Gasteiger charge is 2.11. The zero-order chi connectivity index (χ0) is 11.3. The second-order valence-electron chi connectivity index (χ2n) is 2.74. The van der Waals surface area contributed by atoms with E-state index in [1.54, 1.807) is 12.1 Å². The molecule has 0 amide bonds. The highest BCUT2D eigenvalue weighted by Crippen LogP contribution is 2.27. The molecule has 82 valence electrons. The SMILES string of the molecule is COc1ccc(C(=O)O)c(SCCO)c1. The van der Waals surface area contributed by atoms with Gasteiger partial charge in [-0.25, -0.2) is 4.79 Å². The van der Waals surface area contributed by atoms with Gasteiger partial charge in [0, 0.05) is 10.6 Å². The van der Waals surface area contributed by atoms with Gasteiger partial charge in [-0.2, -0.15) is 0 Å². The number of carboxylic acid groups (broad SMARTS) is 1. The third-order valence-corrected chi connectivity index (χ3v) is 2.80. The fourth-order valence-corrected chi connectivity index (χ4v) is 1.90. The van der Waals surface area contributed by atoms with Crippen LogP contribution in [0.1, 0.15) is 10.4 Å². The number of ether oxygens (including phenoxy) is 1. The number of benzene rings is 1. The van der Waals surface area contributed by atoms with E-state index in [4.69, 9.17) is 14.9 Å². The van der Waals surface area contributed by atoms with Gasteiger partial charge in [0.1, 0.15) is 5.75 Å². The van der Waals surface area contributed by atoms with E-state index in [1.165, 1.54) is 24.9 Å². The molecule has 1 aromatic rings. The lowest BCUT2D eigenvalue weighted by Crippen LogP contribution is -2.00. The summed E-state index contributed by atoms with van der Waals surface area (Å²) in [5.41, 5.74) is 0.231. The largest absolute Gasteiger partial charge is 0.497 e. The molecule has 1 aromatic carbocycles. The summed E-state index contributed by atoms with van der Waals surface area (Å²) in [5.74, 6) is 0.103. The molecule has 0 aliphatic rings. The quantitative estimate of drug-likeness (QED) is 0.747. The predicted octanol–water partition coefficient (Wildman–Crippen LogP) is 1.48. The van der Waals surface area contributed by atoms with E-state index in [1.807, 2.05) is 0 Å². The van der Waals surface area contributed by atoms with Crippen LogP contribution in [-0.2, 0) is 0 Å². The lowest BCUT2D eigenvalue weighted by Gasteiger charge is -2.07. The van der Waals surface area contributed by atoms with Crippen molar-refractivity contribution in [2.45, 2.75) is 4.90 Å². The first-order valence-corrected chi connectivity index (χ1v) is 5.32. The number of aliphatic hydroxyl groups is 1. The molecule has 0 atom stereocenters. The van der Waals surface area contributed by atoms with Crippen LogP contribution in [0.25, 0.3) is 0 Å². The van der Waals surface area contributed by atoms with Crippen molar-refractivity contribution in [2.24, 2.45) is 0 Å². The first-order valence-electron chi connectivity index (χ1n) is 4.34. The predicted molar refractivity (Wildman–Crippen MR) is 57.8 cm³/mol. The zero-order valence-electron chi connectivity index (χ0n) is 8.27. The second kappa shape index (κ2) is 5.63. The molecular formula is C10H12O4S. The summed E-state index contributed by atoms with van der Waals surface area (Å²) in [5, 5.41) is 17.6. The molecule has 0 aliphatic heterocycles. The topological polar surface area (TPSA) is 66.8 Å². The third kappa shape index (κ3) is 3.14. The van der Waals surface area contributed by atoms with Crippen LogP contribution in [0.4, 0.5) is 0 Å². The molecule has 4 nitrogen and oxygen atoms in total. The minimum atomic E-state index is -0.974. The summed E-state index contributed by atoms with van der Waals surface area (Å²) in [6, 6.07) is 4.76. The number of thioether (sulfide) groups is 1. The van der Waals surface area contributed by atoms with Crippen molar-refractivity contribution in [1.29, 1.82) is 0 Å². The Bertz CT molecular complexity index is 351. The fourth-order valence-electron chi connectivity index (χ4n) is 1.08. The molecule has 0 aliphatic carbocycles. The number of carboxylic acids is 1. The summed E-state index contributed by atoms with van der Waals surface area (Å²) >= 11 is 1.29. The van der Waals surface area contributed by atoms with Gasteiger partial charge in [-0.05, 0) is 18.2 Å². The average Bonchev–Trinajstić information content (AvgIpc) is 2.25. The molecule has 0 radical (unpaired) electrons. The van der Waals surface area contributed by atoms with Crippen molar-refractivity contribution < 1.29 is 19.7 Å². The smallest absolute Gasteiger partial charge is 0.336 e. The summed E-state index contributed by atoms with van der Waals surface area (Å²) in [6.45, 7) is 0.0148. The van der Waals surface area contributed by atoms with Gasteiger partial charge in [0.25, 0.3) is 0 Å². The van der Waals surface area contributed by atoms with E-state index in [9.17, 15) is 4.79 Å². The van der Waals surface area contributed by atoms with Crippen molar-refractivity contribution in [3.63, 3.8) is 0 Å². The second-order valence-corrected chi connectivity index (χ2v) is 3.88. The van der Waals surface area contributed by atoms with Crippen molar-refractivity contribution >= 4 is 17.7 Å². The van der Waals surface area contributed by atoms with E-state index in [0.29, 0.717) is 16.4 Å². The van der Waals surface area contributed by atoms with Gasteiger partial charge in [-0.3, -0.25) is 0 Å². The van der Waals surface area contributed by atoms with Crippen LogP contribution in [0.5, 0.6) is 5.75 Å². The van der Waals surface area contributed by atoms with Gasteiger partial charge >= 0.3 is 5.97 Å². The van der Waals surface area contributed by atoms with Crippen LogP contribution in [-0.4, -0.2) is 35.7 Å². The van der Waals surface area contributed by atoms with Crippen molar-refractivity contribution in [2.75, 3.05) is 19.5 Å². The first kappa shape index (κ1) is 11.9. The van der Waals surface area contributed by atoms with Crippen molar-refractivity contribution in [3.8, 4) is 5.75 Å². The molecule has 0 saturated carbocycles. The molecule has 0 unspecified atom stereocenters. The van der Waals surface area contributed by atoms with Gasteiger partial charge in [-0.1, -0.05) is 0 Å². The maximum Gasteiger partial charge on any atom is 0.336 e. The maximum atomic E-state index is 10.9. The molecule has 5 heteroatoms. The van der Waals surface area contributed by atoms with E-state index in [-0.39, 0.29) is 12.2 Å². The van der Waals surface area contributed by atoms with Crippen LogP contribution in [0.3, 0.4) is 0 Å². The Morgan fingerprint density at radius 1 is 1.53 bits per heavy atom. The number of hydrogen-bond acceptors (Lipinski definition) is 4. The molecule has 1 rings (SSSR count). The lowest BCUT2D eigenvalue weighted by molar-refractivity contribution is 0.0693. The van der Waals surface area contributed by atoms with Crippen LogP contribution in [0.2, 0.25) is 0 Å². The number of aliphatic hydroxyl groups excluding tert-OH is 1. The molecular weight excluding hydrogens is 216 g/mol. The normalized spacial score (nSPS) is 10.0. The van der Waals surface area contributed by atoms with E-state index < -0.39 is 5.97 Å². The van der Waals surface area contributed by atoms with Crippen LogP contribution in [0, 0.1) is 0 Å². The molecule has 0 heterocycles. The van der Waals surface area contributed by atoms with Crippen molar-refractivity contribution in [3.05, 3.63) is 23.8 Å². The van der Waals surface area contributed by atoms with Gasteiger partial charge in [0.15, 0.2) is 0 Å². The Kier molecular flexibility index (Phi) is 4.45. The maximum absolute atomic E-state index is 10.9. The summed E-state index contributed by atoms with van der Waals surface area (Å²) in [4.78, 5) is 11.5. The Morgan fingerprint density at radius 3 is 2.80 bits per heavy atom. The molecule has 0 bridgehead atoms. The number of aromatic carboxylic acids is 1. The minimum absolute atomic E-state index is 0.0148. The molecule has 0 fully saturated rings. The molecule has 2 N–H and O–H groups in total. The number of rotatable bonds is 5. The summed E-state index contributed by atoms with van der Waals surface area (Å²) in [6.07, 6.45) is 0. The summed E-state index contributed by atoms with van der Waals surface area (Å²) in [7, 11) is 1.52. The molecule has 0 saturated heterocycles. The Labute approximate surface area is 91.9 Å². The number of carbonyl (C=O) groups is 1. The van der Waals surface area contributed by atoms with Crippen LogP contribution < -0.4 is 4.74 Å². The van der Waals surface area contributed by atoms with Gasteiger partial charge < -0.3 is 14.9 Å². The van der Waals surface area contributed by atoms with Gasteiger partial charge in [-0.15, -0.1) is 11.8 Å². The van der Waals surface area contributed by atoms with Gasteiger partial charge in [0.2, 0.25) is 0 Å². The number of hydrogen-bond donors (Lipinski definition) is 2. The average molecular weight is 228 g/mol. The monoisotopic (exact) mass is 228 g/mol. The lowest BCUT2D eigenvalue weighted by atomic mass is 10.2. The molecule has 0 spiro atoms. The highest BCUT2D eigenvalue weighted by atomic mass is 32.2. The van der Waals surface area contributed by atoms with Gasteiger partial charge in [0.05, 0.1) is 19.3 Å². The third-order valence-electron chi connectivity index (χ3n) is 1.77. The zero-order valence-corrected chi connectivity index (χ0v) is 9.08. The standard InChI is InChI=1S/C10H12O4S/c1-14-7-2-3-8(10(12)13)9(6-7)15-5-4-11/h2-3,6,11H,4-5H2,1H3,(H,12,13).